The lowest BCUT2D eigenvalue weighted by atomic mass is 10.0. The number of hydrogen-bond donors (Lipinski definition) is 1. The van der Waals surface area contributed by atoms with Gasteiger partial charge < -0.3 is 19.5 Å². The molecule has 1 N–H and O–H groups in total. The molecule has 4 nitrogen and oxygen atoms in total. The first-order valence-corrected chi connectivity index (χ1v) is 7.98. The zero-order chi connectivity index (χ0) is 16.1. The van der Waals surface area contributed by atoms with Crippen LogP contribution in [0.4, 0.5) is 0 Å². The molecule has 0 spiro atoms. The van der Waals surface area contributed by atoms with Crippen LogP contribution in [0, 0.1) is 0 Å². The van der Waals surface area contributed by atoms with Gasteiger partial charge in [0.1, 0.15) is 12.4 Å². The molecule has 3 rings (SSSR count). The van der Waals surface area contributed by atoms with Gasteiger partial charge in [0.15, 0.2) is 11.5 Å². The van der Waals surface area contributed by atoms with Crippen molar-refractivity contribution in [3.8, 4) is 17.2 Å². The van der Waals surface area contributed by atoms with Gasteiger partial charge in [0.05, 0.1) is 14.2 Å². The smallest absolute Gasteiger partial charge is 0.164 e. The maximum Gasteiger partial charge on any atom is 0.164 e. The van der Waals surface area contributed by atoms with Crippen LogP contribution in [0.3, 0.4) is 0 Å². The van der Waals surface area contributed by atoms with Crippen molar-refractivity contribution in [2.24, 2.45) is 0 Å². The average Bonchev–Trinajstić information content (AvgIpc) is 3.14. The summed E-state index contributed by atoms with van der Waals surface area (Å²) in [6.45, 7) is 1.58. The Hall–Kier alpha value is -2.20. The SMILES string of the molecule is COc1cc(OCc2ccccc2)c([C@@H]2CCCN2)cc1OC. The van der Waals surface area contributed by atoms with E-state index in [1.165, 1.54) is 6.42 Å². The summed E-state index contributed by atoms with van der Waals surface area (Å²) in [6, 6.07) is 14.4. The quantitative estimate of drug-likeness (QED) is 0.882. The monoisotopic (exact) mass is 313 g/mol. The molecule has 122 valence electrons. The summed E-state index contributed by atoms with van der Waals surface area (Å²) < 4.78 is 17.0. The van der Waals surface area contributed by atoms with Crippen LogP contribution in [0.15, 0.2) is 42.5 Å². The summed E-state index contributed by atoms with van der Waals surface area (Å²) >= 11 is 0. The first-order valence-electron chi connectivity index (χ1n) is 7.98. The molecule has 0 aromatic heterocycles. The van der Waals surface area contributed by atoms with E-state index >= 15 is 0 Å². The second-order valence-electron chi connectivity index (χ2n) is 5.67. The highest BCUT2D eigenvalue weighted by atomic mass is 16.5. The fraction of sp³-hybridized carbons (Fsp3) is 0.368. The summed E-state index contributed by atoms with van der Waals surface area (Å²) in [5.41, 5.74) is 2.28. The molecule has 1 heterocycles. The Labute approximate surface area is 137 Å². The standard InChI is InChI=1S/C19H23NO3/c1-21-18-11-15(16-9-6-10-20-16)17(12-19(18)22-2)23-13-14-7-4-3-5-8-14/h3-5,7-8,11-12,16,20H,6,9-10,13H2,1-2H3/t16-/m0/s1. The molecule has 1 aliphatic heterocycles. The van der Waals surface area contributed by atoms with Crippen molar-refractivity contribution >= 4 is 0 Å². The molecule has 0 bridgehead atoms. The van der Waals surface area contributed by atoms with Crippen molar-refractivity contribution in [3.05, 3.63) is 53.6 Å². The minimum atomic E-state index is 0.306. The topological polar surface area (TPSA) is 39.7 Å². The fourth-order valence-corrected chi connectivity index (χ4v) is 2.96. The lowest BCUT2D eigenvalue weighted by Gasteiger charge is -2.19. The Balaban J connectivity index is 1.89. The number of rotatable bonds is 6. The third kappa shape index (κ3) is 3.59. The van der Waals surface area contributed by atoms with Crippen molar-refractivity contribution < 1.29 is 14.2 Å². The van der Waals surface area contributed by atoms with Gasteiger partial charge in [-0.3, -0.25) is 0 Å². The molecule has 2 aromatic rings. The molecule has 1 saturated heterocycles. The molecular formula is C19H23NO3. The molecule has 0 unspecified atom stereocenters. The third-order valence-corrected chi connectivity index (χ3v) is 4.19. The first-order chi connectivity index (χ1) is 11.3. The van der Waals surface area contributed by atoms with E-state index in [0.717, 1.165) is 35.6 Å². The highest BCUT2D eigenvalue weighted by Crippen LogP contribution is 2.40. The molecule has 1 aliphatic rings. The molecule has 0 radical (unpaired) electrons. The maximum atomic E-state index is 6.10. The number of ether oxygens (including phenoxy) is 3. The van der Waals surface area contributed by atoms with Gasteiger partial charge in [-0.25, -0.2) is 0 Å². The molecule has 1 atom stereocenters. The van der Waals surface area contributed by atoms with Crippen LogP contribution in [0.1, 0.15) is 30.0 Å². The predicted molar refractivity (Wildman–Crippen MR) is 90.3 cm³/mol. The van der Waals surface area contributed by atoms with Crippen LogP contribution >= 0.6 is 0 Å². The van der Waals surface area contributed by atoms with Crippen molar-refractivity contribution in [2.75, 3.05) is 20.8 Å². The molecule has 23 heavy (non-hydrogen) atoms. The van der Waals surface area contributed by atoms with Gasteiger partial charge in [-0.1, -0.05) is 30.3 Å². The van der Waals surface area contributed by atoms with Crippen LogP contribution in [0.5, 0.6) is 17.2 Å². The number of nitrogens with one attached hydrogen (secondary N) is 1. The average molecular weight is 313 g/mol. The number of methoxy groups -OCH3 is 2. The predicted octanol–water partition coefficient (Wildman–Crippen LogP) is 3.71. The highest BCUT2D eigenvalue weighted by molar-refractivity contribution is 5.52. The van der Waals surface area contributed by atoms with E-state index in [2.05, 4.69) is 17.4 Å². The molecular weight excluding hydrogens is 290 g/mol. The molecule has 1 fully saturated rings. The zero-order valence-corrected chi connectivity index (χ0v) is 13.7. The second kappa shape index (κ2) is 7.38. The second-order valence-corrected chi connectivity index (χ2v) is 5.67. The summed E-state index contributed by atoms with van der Waals surface area (Å²) in [5, 5.41) is 3.52. The Morgan fingerprint density at radius 3 is 2.39 bits per heavy atom. The summed E-state index contributed by atoms with van der Waals surface area (Å²) in [6.07, 6.45) is 2.29. The summed E-state index contributed by atoms with van der Waals surface area (Å²) in [4.78, 5) is 0. The molecule has 0 saturated carbocycles. The van der Waals surface area contributed by atoms with Crippen LogP contribution in [-0.4, -0.2) is 20.8 Å². The normalized spacial score (nSPS) is 17.0. The Morgan fingerprint density at radius 2 is 1.74 bits per heavy atom. The minimum absolute atomic E-state index is 0.306. The van der Waals surface area contributed by atoms with E-state index < -0.39 is 0 Å². The molecule has 0 amide bonds. The van der Waals surface area contributed by atoms with Gasteiger partial charge in [-0.05, 0) is 31.0 Å². The largest absolute Gasteiger partial charge is 0.493 e. The van der Waals surface area contributed by atoms with Crippen LogP contribution in [-0.2, 0) is 6.61 Å². The van der Waals surface area contributed by atoms with Crippen LogP contribution in [0.2, 0.25) is 0 Å². The summed E-state index contributed by atoms with van der Waals surface area (Å²) in [5.74, 6) is 2.28. The Morgan fingerprint density at radius 1 is 1.00 bits per heavy atom. The van der Waals surface area contributed by atoms with Gasteiger partial charge in [0.25, 0.3) is 0 Å². The van der Waals surface area contributed by atoms with Crippen molar-refractivity contribution in [3.63, 3.8) is 0 Å². The van der Waals surface area contributed by atoms with E-state index in [9.17, 15) is 0 Å². The Kier molecular flexibility index (Phi) is 5.03. The van der Waals surface area contributed by atoms with Crippen LogP contribution in [0.25, 0.3) is 0 Å². The van der Waals surface area contributed by atoms with E-state index in [4.69, 9.17) is 14.2 Å². The van der Waals surface area contributed by atoms with E-state index in [1.807, 2.05) is 30.3 Å². The van der Waals surface area contributed by atoms with Gasteiger partial charge in [-0.2, -0.15) is 0 Å². The van der Waals surface area contributed by atoms with E-state index in [1.54, 1.807) is 14.2 Å². The summed E-state index contributed by atoms with van der Waals surface area (Å²) in [7, 11) is 3.31. The van der Waals surface area contributed by atoms with E-state index in [-0.39, 0.29) is 0 Å². The lowest BCUT2D eigenvalue weighted by Crippen LogP contribution is -2.14. The third-order valence-electron chi connectivity index (χ3n) is 4.19. The van der Waals surface area contributed by atoms with Crippen LogP contribution < -0.4 is 19.5 Å². The molecule has 4 heteroatoms. The van der Waals surface area contributed by atoms with Gasteiger partial charge in [0.2, 0.25) is 0 Å². The van der Waals surface area contributed by atoms with Gasteiger partial charge >= 0.3 is 0 Å². The molecule has 2 aromatic carbocycles. The van der Waals surface area contributed by atoms with Gasteiger partial charge in [-0.15, -0.1) is 0 Å². The Bertz CT molecular complexity index is 637. The maximum absolute atomic E-state index is 6.10. The van der Waals surface area contributed by atoms with Crippen molar-refractivity contribution in [1.82, 2.24) is 5.32 Å². The number of hydrogen-bond acceptors (Lipinski definition) is 4. The fourth-order valence-electron chi connectivity index (χ4n) is 2.96. The van der Waals surface area contributed by atoms with E-state index in [0.29, 0.717) is 18.4 Å². The number of benzene rings is 2. The minimum Gasteiger partial charge on any atom is -0.493 e. The van der Waals surface area contributed by atoms with Crippen molar-refractivity contribution in [1.29, 1.82) is 0 Å². The lowest BCUT2D eigenvalue weighted by molar-refractivity contribution is 0.294. The zero-order valence-electron chi connectivity index (χ0n) is 13.7. The molecule has 0 aliphatic carbocycles. The highest BCUT2D eigenvalue weighted by Gasteiger charge is 2.23. The van der Waals surface area contributed by atoms with Crippen molar-refractivity contribution in [2.45, 2.75) is 25.5 Å². The first kappa shape index (κ1) is 15.7. The van der Waals surface area contributed by atoms with Gasteiger partial charge in [0, 0.05) is 17.7 Å².